The molecule has 0 aromatic carbocycles. The van der Waals surface area contributed by atoms with E-state index in [2.05, 4.69) is 24.6 Å². The highest BCUT2D eigenvalue weighted by atomic mass is 32.1. The van der Waals surface area contributed by atoms with E-state index in [0.29, 0.717) is 6.10 Å². The first-order valence-electron chi connectivity index (χ1n) is 7.58. The van der Waals surface area contributed by atoms with Crippen molar-refractivity contribution < 1.29 is 4.74 Å². The molecule has 0 saturated carbocycles. The average Bonchev–Trinajstić information content (AvgIpc) is 3.21. The first-order chi connectivity index (χ1) is 10.4. The third-order valence-electron chi connectivity index (χ3n) is 4.26. The van der Waals surface area contributed by atoms with Crippen LogP contribution in [0.1, 0.15) is 30.9 Å². The molecular formula is C14H19N5OS. The molecule has 2 aliphatic rings. The number of likely N-dealkylation sites (tertiary alicyclic amines) is 1. The zero-order chi connectivity index (χ0) is 14.1. The molecule has 2 aromatic heterocycles. The Labute approximate surface area is 127 Å². The van der Waals surface area contributed by atoms with Gasteiger partial charge in [-0.2, -0.15) is 0 Å². The maximum Gasteiger partial charge on any atom is 0.273 e. The van der Waals surface area contributed by atoms with E-state index in [9.17, 15) is 0 Å². The number of thiazole rings is 1. The van der Waals surface area contributed by atoms with Crippen LogP contribution in [0.2, 0.25) is 0 Å². The Morgan fingerprint density at radius 1 is 1.24 bits per heavy atom. The van der Waals surface area contributed by atoms with Crippen molar-refractivity contribution >= 4 is 11.3 Å². The van der Waals surface area contributed by atoms with Crippen LogP contribution in [-0.2, 0) is 19.5 Å². The minimum atomic E-state index is 0.302. The van der Waals surface area contributed by atoms with E-state index in [4.69, 9.17) is 4.74 Å². The predicted octanol–water partition coefficient (Wildman–Crippen LogP) is 1.72. The van der Waals surface area contributed by atoms with E-state index in [1.54, 1.807) is 17.5 Å². The van der Waals surface area contributed by atoms with Gasteiger partial charge in [0.1, 0.15) is 17.8 Å². The molecule has 0 unspecified atom stereocenters. The lowest BCUT2D eigenvalue weighted by atomic mass is 10.1. The summed E-state index contributed by atoms with van der Waals surface area (Å²) in [6.45, 7) is 4.11. The topological polar surface area (TPSA) is 56.1 Å². The van der Waals surface area contributed by atoms with Crippen molar-refractivity contribution in [3.05, 3.63) is 23.2 Å². The molecule has 4 heterocycles. The molecule has 0 atom stereocenters. The zero-order valence-corrected chi connectivity index (χ0v) is 12.8. The summed E-state index contributed by atoms with van der Waals surface area (Å²) in [7, 11) is 0. The second kappa shape index (κ2) is 5.73. The van der Waals surface area contributed by atoms with Gasteiger partial charge in [0.2, 0.25) is 0 Å². The summed E-state index contributed by atoms with van der Waals surface area (Å²) in [4.78, 5) is 6.65. The molecule has 0 aliphatic carbocycles. The summed E-state index contributed by atoms with van der Waals surface area (Å²) in [5, 5.41) is 11.4. The molecule has 2 aliphatic heterocycles. The Bertz CT molecular complexity index is 589. The minimum absolute atomic E-state index is 0.302. The van der Waals surface area contributed by atoms with Crippen molar-refractivity contribution in [2.45, 2.75) is 44.9 Å². The lowest BCUT2D eigenvalue weighted by Gasteiger charge is -2.31. The lowest BCUT2D eigenvalue weighted by Crippen LogP contribution is -2.38. The maximum atomic E-state index is 5.90. The highest BCUT2D eigenvalue weighted by Gasteiger charge is 2.24. The van der Waals surface area contributed by atoms with Crippen LogP contribution >= 0.6 is 11.3 Å². The Morgan fingerprint density at radius 3 is 2.95 bits per heavy atom. The second-order valence-electron chi connectivity index (χ2n) is 5.68. The first kappa shape index (κ1) is 13.2. The van der Waals surface area contributed by atoms with Gasteiger partial charge >= 0.3 is 0 Å². The normalized spacial score (nSPS) is 19.8. The van der Waals surface area contributed by atoms with E-state index in [0.717, 1.165) is 62.3 Å². The fourth-order valence-corrected chi connectivity index (χ4v) is 3.68. The van der Waals surface area contributed by atoms with Crippen molar-refractivity contribution in [3.63, 3.8) is 0 Å². The van der Waals surface area contributed by atoms with Crippen molar-refractivity contribution in [3.8, 4) is 5.19 Å². The lowest BCUT2D eigenvalue weighted by molar-refractivity contribution is 0.0944. The summed E-state index contributed by atoms with van der Waals surface area (Å²) >= 11 is 1.57. The van der Waals surface area contributed by atoms with Crippen molar-refractivity contribution in [2.24, 2.45) is 0 Å². The van der Waals surface area contributed by atoms with Crippen LogP contribution in [0.5, 0.6) is 5.19 Å². The summed E-state index contributed by atoms with van der Waals surface area (Å²) < 4.78 is 8.19. The molecule has 1 saturated heterocycles. The van der Waals surface area contributed by atoms with Crippen molar-refractivity contribution in [1.29, 1.82) is 0 Å². The maximum absolute atomic E-state index is 5.90. The Balaban J connectivity index is 1.31. The quantitative estimate of drug-likeness (QED) is 0.861. The third-order valence-corrected chi connectivity index (χ3v) is 4.92. The van der Waals surface area contributed by atoms with E-state index < -0.39 is 0 Å². The van der Waals surface area contributed by atoms with E-state index in [1.807, 2.05) is 5.38 Å². The fraction of sp³-hybridized carbons (Fsp3) is 0.643. The summed E-state index contributed by atoms with van der Waals surface area (Å²) in [5.41, 5.74) is 0. The van der Waals surface area contributed by atoms with Gasteiger partial charge in [0.05, 0.1) is 6.54 Å². The van der Waals surface area contributed by atoms with Gasteiger partial charge in [-0.3, -0.25) is 4.90 Å². The largest absolute Gasteiger partial charge is 0.467 e. The van der Waals surface area contributed by atoms with Gasteiger partial charge in [-0.15, -0.1) is 10.2 Å². The minimum Gasteiger partial charge on any atom is -0.467 e. The highest BCUT2D eigenvalue weighted by Crippen LogP contribution is 2.22. The van der Waals surface area contributed by atoms with Gasteiger partial charge in [-0.25, -0.2) is 4.98 Å². The zero-order valence-electron chi connectivity index (χ0n) is 11.9. The number of hydrogen-bond donors (Lipinski definition) is 0. The van der Waals surface area contributed by atoms with Crippen LogP contribution in [0.15, 0.2) is 11.6 Å². The second-order valence-corrected chi connectivity index (χ2v) is 6.54. The Morgan fingerprint density at radius 2 is 2.14 bits per heavy atom. The number of aryl methyl sites for hydroxylation is 1. The average molecular weight is 305 g/mol. The van der Waals surface area contributed by atoms with Gasteiger partial charge in [0, 0.05) is 37.6 Å². The Hall–Kier alpha value is -1.47. The molecule has 112 valence electrons. The third kappa shape index (κ3) is 2.80. The molecule has 2 aromatic rings. The summed E-state index contributed by atoms with van der Waals surface area (Å²) in [6, 6.07) is 0. The number of ether oxygens (including phenoxy) is 1. The van der Waals surface area contributed by atoms with Crippen molar-refractivity contribution in [1.82, 2.24) is 24.6 Å². The fourth-order valence-electron chi connectivity index (χ4n) is 3.12. The van der Waals surface area contributed by atoms with Gasteiger partial charge < -0.3 is 9.30 Å². The number of rotatable bonds is 4. The van der Waals surface area contributed by atoms with Crippen LogP contribution in [0, 0.1) is 0 Å². The van der Waals surface area contributed by atoms with Gasteiger partial charge in [0.25, 0.3) is 5.19 Å². The van der Waals surface area contributed by atoms with Crippen LogP contribution < -0.4 is 4.74 Å². The number of fused-ring (bicyclic) bond motifs is 1. The SMILES string of the molecule is c1csc(OC2CCN(Cc3nnc4n3CCC4)CC2)n1. The number of piperidine rings is 1. The van der Waals surface area contributed by atoms with Crippen LogP contribution in [0.4, 0.5) is 0 Å². The molecule has 0 amide bonds. The van der Waals surface area contributed by atoms with E-state index in [-0.39, 0.29) is 0 Å². The molecule has 0 bridgehead atoms. The van der Waals surface area contributed by atoms with Crippen LogP contribution in [0.3, 0.4) is 0 Å². The predicted molar refractivity (Wildman–Crippen MR) is 79.4 cm³/mol. The smallest absolute Gasteiger partial charge is 0.273 e. The molecule has 4 rings (SSSR count). The number of aromatic nitrogens is 4. The monoisotopic (exact) mass is 305 g/mol. The Kier molecular flexibility index (Phi) is 3.60. The van der Waals surface area contributed by atoms with E-state index in [1.165, 1.54) is 6.42 Å². The van der Waals surface area contributed by atoms with Crippen LogP contribution in [-0.4, -0.2) is 43.8 Å². The number of nitrogens with zero attached hydrogens (tertiary/aromatic N) is 5. The standard InChI is InChI=1S/C14H19N5OS/c1-2-12-16-17-13(19(12)6-1)10-18-7-3-11(4-8-18)20-14-15-5-9-21-14/h5,9,11H,1-4,6-8,10H2. The molecule has 21 heavy (non-hydrogen) atoms. The molecule has 0 spiro atoms. The molecule has 1 fully saturated rings. The van der Waals surface area contributed by atoms with Crippen LogP contribution in [0.25, 0.3) is 0 Å². The first-order valence-corrected chi connectivity index (χ1v) is 8.46. The molecule has 6 nitrogen and oxygen atoms in total. The highest BCUT2D eigenvalue weighted by molar-refractivity contribution is 7.11. The van der Waals surface area contributed by atoms with Gasteiger partial charge in [-0.05, 0) is 19.3 Å². The molecular weight excluding hydrogens is 286 g/mol. The summed E-state index contributed by atoms with van der Waals surface area (Å²) in [5.74, 6) is 2.29. The molecule has 0 N–H and O–H groups in total. The number of hydrogen-bond acceptors (Lipinski definition) is 6. The van der Waals surface area contributed by atoms with Gasteiger partial charge in [-0.1, -0.05) is 11.3 Å². The van der Waals surface area contributed by atoms with E-state index >= 15 is 0 Å². The molecule has 0 radical (unpaired) electrons. The van der Waals surface area contributed by atoms with Gasteiger partial charge in [0.15, 0.2) is 0 Å². The van der Waals surface area contributed by atoms with Crippen molar-refractivity contribution in [2.75, 3.05) is 13.1 Å². The summed E-state index contributed by atoms with van der Waals surface area (Å²) in [6.07, 6.45) is 6.50. The molecule has 7 heteroatoms.